The van der Waals surface area contributed by atoms with Gasteiger partial charge < -0.3 is 9.47 Å². The number of alkyl halides is 3. The van der Waals surface area contributed by atoms with Crippen LogP contribution in [0, 0.1) is 0 Å². The fraction of sp³-hybridized carbons (Fsp3) is 0.846. The van der Waals surface area contributed by atoms with E-state index in [1.54, 1.807) is 20.8 Å². The Morgan fingerprint density at radius 1 is 1.16 bits per heavy atom. The SMILES string of the molecule is COC(=O)[C@H]1CC(OS(=O)(=O)C(F)(F)F)CCN1C(=O)OC(C)(C)C. The molecule has 0 aliphatic carbocycles. The topological polar surface area (TPSA) is 99.2 Å². The molecule has 0 aromatic carbocycles. The highest BCUT2D eigenvalue weighted by Gasteiger charge is 2.50. The summed E-state index contributed by atoms with van der Waals surface area (Å²) in [5, 5.41) is 0. The number of esters is 1. The first-order chi connectivity index (χ1) is 11.2. The minimum atomic E-state index is -5.81. The molecule has 8 nitrogen and oxygen atoms in total. The van der Waals surface area contributed by atoms with Gasteiger partial charge in [-0.15, -0.1) is 0 Å². The van der Waals surface area contributed by atoms with Gasteiger partial charge in [-0.25, -0.2) is 9.59 Å². The highest BCUT2D eigenvalue weighted by molar-refractivity contribution is 7.87. The van der Waals surface area contributed by atoms with Crippen molar-refractivity contribution in [3.05, 3.63) is 0 Å². The molecule has 0 spiro atoms. The number of piperidine rings is 1. The average Bonchev–Trinajstić information content (AvgIpc) is 2.42. The van der Waals surface area contributed by atoms with Crippen LogP contribution in [0.15, 0.2) is 0 Å². The first-order valence-corrected chi connectivity index (χ1v) is 8.66. The average molecular weight is 391 g/mol. The van der Waals surface area contributed by atoms with Crippen molar-refractivity contribution in [2.45, 2.75) is 56.9 Å². The summed E-state index contributed by atoms with van der Waals surface area (Å²) in [6.07, 6.45) is -2.97. The van der Waals surface area contributed by atoms with Gasteiger partial charge in [0, 0.05) is 13.0 Å². The van der Waals surface area contributed by atoms with E-state index >= 15 is 0 Å². The van der Waals surface area contributed by atoms with Gasteiger partial charge in [-0.3, -0.25) is 9.08 Å². The molecule has 12 heteroatoms. The van der Waals surface area contributed by atoms with Crippen LogP contribution in [0.1, 0.15) is 33.6 Å². The molecular formula is C13H20F3NO7S. The first-order valence-electron chi connectivity index (χ1n) is 7.25. The van der Waals surface area contributed by atoms with Crippen LogP contribution in [0.25, 0.3) is 0 Å². The number of amides is 1. The van der Waals surface area contributed by atoms with E-state index in [2.05, 4.69) is 8.92 Å². The van der Waals surface area contributed by atoms with Gasteiger partial charge in [-0.05, 0) is 27.2 Å². The van der Waals surface area contributed by atoms with Crippen LogP contribution in [-0.2, 0) is 28.6 Å². The molecule has 1 unspecified atom stereocenters. The molecule has 146 valence electrons. The third-order valence-corrected chi connectivity index (χ3v) is 4.29. The zero-order chi connectivity index (χ0) is 19.6. The maximum atomic E-state index is 12.4. The molecule has 1 aliphatic heterocycles. The molecule has 25 heavy (non-hydrogen) atoms. The number of ether oxygens (including phenoxy) is 2. The number of rotatable bonds is 3. The van der Waals surface area contributed by atoms with Crippen LogP contribution in [0.4, 0.5) is 18.0 Å². The van der Waals surface area contributed by atoms with E-state index in [1.165, 1.54) is 0 Å². The lowest BCUT2D eigenvalue weighted by Gasteiger charge is -2.37. The van der Waals surface area contributed by atoms with Crippen molar-refractivity contribution >= 4 is 22.2 Å². The predicted molar refractivity (Wildman–Crippen MR) is 77.8 cm³/mol. The van der Waals surface area contributed by atoms with Gasteiger partial charge in [0.25, 0.3) is 0 Å². The van der Waals surface area contributed by atoms with Crippen LogP contribution >= 0.6 is 0 Å². The maximum Gasteiger partial charge on any atom is 0.523 e. The zero-order valence-corrected chi connectivity index (χ0v) is 14.9. The largest absolute Gasteiger partial charge is 0.523 e. The highest BCUT2D eigenvalue weighted by atomic mass is 32.2. The lowest BCUT2D eigenvalue weighted by atomic mass is 10.00. The molecule has 0 bridgehead atoms. The van der Waals surface area contributed by atoms with E-state index < -0.39 is 51.9 Å². The van der Waals surface area contributed by atoms with E-state index in [9.17, 15) is 31.2 Å². The molecule has 1 fully saturated rings. The second-order valence-electron chi connectivity index (χ2n) is 6.36. The van der Waals surface area contributed by atoms with Crippen molar-refractivity contribution in [1.29, 1.82) is 0 Å². The maximum absolute atomic E-state index is 12.4. The van der Waals surface area contributed by atoms with Crippen molar-refractivity contribution in [2.24, 2.45) is 0 Å². The van der Waals surface area contributed by atoms with Crippen LogP contribution < -0.4 is 0 Å². The molecule has 0 radical (unpaired) electrons. The number of carbonyl (C=O) groups excluding carboxylic acids is 2. The summed E-state index contributed by atoms with van der Waals surface area (Å²) in [6.45, 7) is 4.57. The molecule has 0 aromatic rings. The summed E-state index contributed by atoms with van der Waals surface area (Å²) in [5.74, 6) is -0.913. The van der Waals surface area contributed by atoms with Gasteiger partial charge in [-0.2, -0.15) is 21.6 Å². The quantitative estimate of drug-likeness (QED) is 0.411. The van der Waals surface area contributed by atoms with E-state index in [-0.39, 0.29) is 13.0 Å². The Balaban J connectivity index is 2.93. The van der Waals surface area contributed by atoms with Gasteiger partial charge in [0.1, 0.15) is 11.6 Å². The molecule has 1 aliphatic rings. The molecule has 1 amide bonds. The molecule has 0 N–H and O–H groups in total. The standard InChI is InChI=1S/C13H20F3NO7S/c1-12(2,3)23-11(19)17-6-5-8(7-9(17)10(18)22-4)24-25(20,21)13(14,15)16/h8-9H,5-7H2,1-4H3/t8?,9-/m1/s1. The van der Waals surface area contributed by atoms with Crippen molar-refractivity contribution in [2.75, 3.05) is 13.7 Å². The minimum absolute atomic E-state index is 0.220. The number of nitrogens with zero attached hydrogens (tertiary/aromatic N) is 1. The van der Waals surface area contributed by atoms with Crippen molar-refractivity contribution in [3.8, 4) is 0 Å². The Kier molecular flexibility index (Phi) is 6.32. The fourth-order valence-electron chi connectivity index (χ4n) is 2.15. The third-order valence-electron chi connectivity index (χ3n) is 3.20. The van der Waals surface area contributed by atoms with E-state index in [1.807, 2.05) is 0 Å². The van der Waals surface area contributed by atoms with Crippen molar-refractivity contribution < 1.29 is 44.8 Å². The van der Waals surface area contributed by atoms with Crippen LogP contribution in [0.5, 0.6) is 0 Å². The van der Waals surface area contributed by atoms with Gasteiger partial charge in [0.2, 0.25) is 0 Å². The number of hydrogen-bond acceptors (Lipinski definition) is 7. The lowest BCUT2D eigenvalue weighted by Crippen LogP contribution is -2.53. The third kappa shape index (κ3) is 5.73. The summed E-state index contributed by atoms with van der Waals surface area (Å²) >= 11 is 0. The normalized spacial score (nSPS) is 22.4. The van der Waals surface area contributed by atoms with E-state index in [4.69, 9.17) is 4.74 Å². The number of hydrogen-bond donors (Lipinski definition) is 0. The van der Waals surface area contributed by atoms with Gasteiger partial charge in [0.05, 0.1) is 13.2 Å². The summed E-state index contributed by atoms with van der Waals surface area (Å²) in [7, 11) is -4.77. The monoisotopic (exact) mass is 391 g/mol. The second-order valence-corrected chi connectivity index (χ2v) is 7.92. The first kappa shape index (κ1) is 21.5. The Morgan fingerprint density at radius 3 is 2.16 bits per heavy atom. The molecule has 1 rings (SSSR count). The molecule has 1 saturated heterocycles. The Bertz CT molecular complexity index is 612. The van der Waals surface area contributed by atoms with Crippen LogP contribution in [-0.4, -0.2) is 62.3 Å². The molecular weight excluding hydrogens is 371 g/mol. The number of carbonyl (C=O) groups is 2. The number of likely N-dealkylation sites (tertiary alicyclic amines) is 1. The Morgan fingerprint density at radius 2 is 1.72 bits per heavy atom. The van der Waals surface area contributed by atoms with Crippen LogP contribution in [0.3, 0.4) is 0 Å². The summed E-state index contributed by atoms with van der Waals surface area (Å²) in [5.41, 5.74) is -6.43. The second kappa shape index (κ2) is 7.36. The highest BCUT2D eigenvalue weighted by Crippen LogP contribution is 2.30. The van der Waals surface area contributed by atoms with Crippen molar-refractivity contribution in [1.82, 2.24) is 4.90 Å². The Hall–Kier alpha value is -1.56. The Labute approximate surface area is 143 Å². The minimum Gasteiger partial charge on any atom is -0.467 e. The predicted octanol–water partition coefficient (Wildman–Crippen LogP) is 1.79. The summed E-state index contributed by atoms with van der Waals surface area (Å²) < 4.78 is 73.3. The lowest BCUT2D eigenvalue weighted by molar-refractivity contribution is -0.149. The molecule has 1 heterocycles. The molecule has 0 aromatic heterocycles. The molecule has 0 saturated carbocycles. The van der Waals surface area contributed by atoms with Crippen molar-refractivity contribution in [3.63, 3.8) is 0 Å². The zero-order valence-electron chi connectivity index (χ0n) is 14.1. The molecule has 2 atom stereocenters. The number of halogens is 3. The number of methoxy groups -OCH3 is 1. The van der Waals surface area contributed by atoms with Crippen LogP contribution in [0.2, 0.25) is 0 Å². The van der Waals surface area contributed by atoms with Gasteiger partial charge in [0.15, 0.2) is 0 Å². The van der Waals surface area contributed by atoms with E-state index in [0.717, 1.165) is 12.0 Å². The summed E-state index contributed by atoms with van der Waals surface area (Å²) in [4.78, 5) is 25.0. The van der Waals surface area contributed by atoms with E-state index in [0.29, 0.717) is 0 Å². The van der Waals surface area contributed by atoms with Gasteiger partial charge in [-0.1, -0.05) is 0 Å². The summed E-state index contributed by atoms with van der Waals surface area (Å²) in [6, 6.07) is -1.32. The van der Waals surface area contributed by atoms with Gasteiger partial charge >= 0.3 is 27.7 Å². The fourth-order valence-corrected chi connectivity index (χ4v) is 2.79. The smallest absolute Gasteiger partial charge is 0.467 e.